The molecule has 1 fully saturated rings. The van der Waals surface area contributed by atoms with Gasteiger partial charge in [-0.2, -0.15) is 8.62 Å². The van der Waals surface area contributed by atoms with Gasteiger partial charge in [-0.15, -0.1) is 0 Å². The highest BCUT2D eigenvalue weighted by atomic mass is 31.3. The Morgan fingerprint density at radius 3 is 2.39 bits per heavy atom. The summed E-state index contributed by atoms with van der Waals surface area (Å²) in [5, 5.41) is 19.7. The second kappa shape index (κ2) is 24.5. The number of nitrogens with one attached hydrogen (secondary N) is 2. The number of fused-ring (bicyclic) bond motifs is 5. The molecule has 0 saturated carbocycles. The minimum atomic E-state index is -5.72. The monoisotopic (exact) mass is 1220 g/mol. The van der Waals surface area contributed by atoms with Gasteiger partial charge in [0.2, 0.25) is 11.3 Å². The molecule has 0 spiro atoms. The van der Waals surface area contributed by atoms with Gasteiger partial charge in [-0.3, -0.25) is 18.7 Å². The van der Waals surface area contributed by atoms with Crippen molar-refractivity contribution < 1.29 is 65.8 Å². The zero-order valence-corrected chi connectivity index (χ0v) is 51.5. The van der Waals surface area contributed by atoms with Crippen molar-refractivity contribution in [2.45, 2.75) is 154 Å². The number of nitrogens with zero attached hydrogens (tertiary/aromatic N) is 7. The zero-order valence-electron chi connectivity index (χ0n) is 48.8. The fourth-order valence-electron chi connectivity index (χ4n) is 13.7. The van der Waals surface area contributed by atoms with Crippen molar-refractivity contribution in [1.29, 1.82) is 0 Å². The molecule has 0 bridgehead atoms. The van der Waals surface area contributed by atoms with E-state index in [1.807, 2.05) is 19.2 Å². The molecule has 5 aliphatic rings. The van der Waals surface area contributed by atoms with E-state index in [1.54, 1.807) is 4.90 Å². The number of aromatic nitrogens is 4. The van der Waals surface area contributed by atoms with Gasteiger partial charge in [-0.05, 0) is 128 Å². The number of benzene rings is 3. The number of hydrogen-bond acceptors (Lipinski definition) is 15. The summed E-state index contributed by atoms with van der Waals surface area (Å²) in [6.45, 7) is 18.1. The molecule has 454 valence electrons. The van der Waals surface area contributed by atoms with Gasteiger partial charge in [0.05, 0.1) is 19.0 Å². The largest absolute Gasteiger partial charge is 0.490 e. The van der Waals surface area contributed by atoms with E-state index in [0.29, 0.717) is 60.9 Å². The fourth-order valence-corrected chi connectivity index (χ4v) is 16.7. The topological polar surface area (TPSA) is 301 Å². The summed E-state index contributed by atoms with van der Waals surface area (Å²) in [4.78, 5) is 82.1. The molecule has 3 aromatic carbocycles. The molecule has 2 amide bonds. The van der Waals surface area contributed by atoms with Gasteiger partial charge in [0.25, 0.3) is 5.91 Å². The van der Waals surface area contributed by atoms with E-state index in [9.17, 15) is 38.2 Å². The van der Waals surface area contributed by atoms with E-state index < -0.39 is 48.5 Å². The van der Waals surface area contributed by atoms with Crippen LogP contribution in [0.2, 0.25) is 0 Å². The molecule has 7 N–H and O–H groups in total. The van der Waals surface area contributed by atoms with Gasteiger partial charge < -0.3 is 49.9 Å². The second-order valence-electron chi connectivity index (χ2n) is 24.0. The number of aliphatic hydroxyl groups is 1. The Labute approximate surface area is 489 Å². The number of aryl methyl sites for hydroxylation is 1. The molecule has 84 heavy (non-hydrogen) atoms. The Morgan fingerprint density at radius 2 is 1.64 bits per heavy atom. The first kappa shape index (κ1) is 61.8. The molecule has 23 nitrogen and oxygen atoms in total. The molecule has 2 aromatic heterocycles. The van der Waals surface area contributed by atoms with Crippen LogP contribution in [0.4, 0.5) is 11.5 Å². The third kappa shape index (κ3) is 12.9. The number of aliphatic hydroxyl groups excluding tert-OH is 1. The van der Waals surface area contributed by atoms with Crippen LogP contribution in [-0.4, -0.2) is 132 Å². The van der Waals surface area contributed by atoms with E-state index in [0.717, 1.165) is 88.6 Å². The average molecular weight is 1220 g/mol. The van der Waals surface area contributed by atoms with Gasteiger partial charge in [0, 0.05) is 92.2 Å². The average Bonchev–Trinajstić information content (AvgIpc) is 0.865. The van der Waals surface area contributed by atoms with Crippen molar-refractivity contribution in [3.05, 3.63) is 110 Å². The molecule has 6 heterocycles. The van der Waals surface area contributed by atoms with Crippen molar-refractivity contribution in [3.63, 3.8) is 0 Å². The lowest BCUT2D eigenvalue weighted by Gasteiger charge is -2.48. The zero-order chi connectivity index (χ0) is 60.1. The van der Waals surface area contributed by atoms with E-state index >= 15 is 0 Å². The van der Waals surface area contributed by atoms with Gasteiger partial charge >= 0.3 is 23.5 Å². The molecule has 5 aromatic rings. The highest BCUT2D eigenvalue weighted by molar-refractivity contribution is 7.66. The number of amides is 2. The first-order chi connectivity index (χ1) is 39.8. The smallest absolute Gasteiger partial charge is 0.390 e. The van der Waals surface area contributed by atoms with E-state index in [1.165, 1.54) is 66.9 Å². The van der Waals surface area contributed by atoms with E-state index in [4.69, 9.17) is 14.5 Å². The number of imidazole rings is 1. The Hall–Kier alpha value is -5.25. The summed E-state index contributed by atoms with van der Waals surface area (Å²) in [5.41, 5.74) is 12.8. The number of phosphoric acid groups is 3. The van der Waals surface area contributed by atoms with E-state index in [2.05, 4.69) is 120 Å². The minimum absolute atomic E-state index is 0.0173. The van der Waals surface area contributed by atoms with Gasteiger partial charge in [-0.25, -0.2) is 33.2 Å². The summed E-state index contributed by atoms with van der Waals surface area (Å²) < 4.78 is 56.9. The highest BCUT2D eigenvalue weighted by Gasteiger charge is 2.45. The minimum Gasteiger partial charge on any atom is -0.390 e. The number of rotatable bonds is 23. The van der Waals surface area contributed by atoms with Crippen molar-refractivity contribution in [3.8, 4) is 0 Å². The Kier molecular flexibility index (Phi) is 18.0. The highest BCUT2D eigenvalue weighted by Crippen LogP contribution is 2.66. The predicted octanol–water partition coefficient (Wildman–Crippen LogP) is 6.84. The van der Waals surface area contributed by atoms with Crippen molar-refractivity contribution in [2.24, 2.45) is 0 Å². The third-order valence-electron chi connectivity index (χ3n) is 17.3. The van der Waals surface area contributed by atoms with Crippen molar-refractivity contribution in [2.75, 3.05) is 63.1 Å². The maximum Gasteiger partial charge on any atom is 0.490 e. The first-order valence-corrected chi connectivity index (χ1v) is 33.7. The summed E-state index contributed by atoms with van der Waals surface area (Å²) >= 11 is 0. The molecule has 3 unspecified atom stereocenters. The first-order valence-electron chi connectivity index (χ1n) is 29.2. The van der Waals surface area contributed by atoms with Crippen LogP contribution in [0, 0.1) is 0 Å². The maximum atomic E-state index is 14.8. The molecular weight excluding hydrogens is 1140 g/mol. The van der Waals surface area contributed by atoms with Crippen LogP contribution in [0.15, 0.2) is 55.1 Å². The number of phosphoric ester groups is 1. The van der Waals surface area contributed by atoms with Crippen LogP contribution in [0.3, 0.4) is 0 Å². The number of hydrogen-bond donors (Lipinski definition) is 7. The third-order valence-corrected chi connectivity index (χ3v) is 21.1. The number of anilines is 2. The normalized spacial score (nSPS) is 21.9. The molecule has 0 radical (unpaired) electrons. The molecule has 10 rings (SSSR count). The molecule has 26 heteroatoms. The molecular formula is C58H79N9O14P3+. The molecule has 4 aliphatic heterocycles. The Bertz CT molecular complexity index is 3640. The lowest BCUT2D eigenvalue weighted by atomic mass is 9.64. The van der Waals surface area contributed by atoms with Crippen molar-refractivity contribution in [1.82, 2.24) is 34.3 Å². The second-order valence-corrected chi connectivity index (χ2v) is 28.5. The maximum absolute atomic E-state index is 14.8. The van der Waals surface area contributed by atoms with Crippen LogP contribution in [0.1, 0.15) is 167 Å². The van der Waals surface area contributed by atoms with Crippen LogP contribution >= 0.6 is 23.5 Å². The number of carbonyl (C=O) groups excluding carboxylic acids is 2. The quantitative estimate of drug-likeness (QED) is 0.0200. The fraction of sp³-hybridized carbons (Fsp3) is 0.552. The van der Waals surface area contributed by atoms with Crippen LogP contribution in [0.25, 0.3) is 16.7 Å². The van der Waals surface area contributed by atoms with Gasteiger partial charge in [0.1, 0.15) is 31.7 Å². The summed E-state index contributed by atoms with van der Waals surface area (Å²) in [5.74, 6) is 0.710. The van der Waals surface area contributed by atoms with Crippen molar-refractivity contribution >= 4 is 63.5 Å². The van der Waals surface area contributed by atoms with Crippen LogP contribution < -0.4 is 30.7 Å². The van der Waals surface area contributed by atoms with Gasteiger partial charge in [-0.1, -0.05) is 51.8 Å². The summed E-state index contributed by atoms with van der Waals surface area (Å²) in [6.07, 6.45) is 8.98. The number of unbranched alkanes of at least 4 members (excludes halogenated alkanes) is 3. The summed E-state index contributed by atoms with van der Waals surface area (Å²) in [7, 11) is -14.9. The predicted molar refractivity (Wildman–Crippen MR) is 316 cm³/mol. The lowest BCUT2D eigenvalue weighted by Crippen LogP contribution is -2.50. The standard InChI is InChI=1S/C58H78N9O14P3/c1-8-67-45-30-44-42(29-41(45)36(2)32-57(67,3)4)50(43-28-37-18-15-26-65-27-16-21-40(53(37)65)51(43)58(44,5)6)38-19-11-12-20-39(38)56(70)64(7)25-17-22-48(69)59-23-13-9-10-14-24-60-54-52-55(62-34-61-54)66(35-63-52)49-31-46(68)47(79-49)33-78-83(74,75)81-84(76,77)80-82(71,72)73/h11-12,19-20,28-30,34-36,46-47,49,68H,8-10,13-18,21-27,31-33H2,1-7H3,(H5-,59,60,61,62,69,71,72,73,74,75,76,77)/p+1/t36?,46-,47+,49+/m0/s1. The lowest BCUT2D eigenvalue weighted by molar-refractivity contribution is -0.121. The number of carbonyl (C=O) groups is 2. The molecule has 1 saturated heterocycles. The summed E-state index contributed by atoms with van der Waals surface area (Å²) in [6, 6.07) is 15.6. The van der Waals surface area contributed by atoms with Gasteiger partial charge in [0.15, 0.2) is 17.0 Å². The SMILES string of the molecule is CCN1c2cc3c(cc2C(C)CC1(C)C)C(c1ccccc1C(=O)N(C)CCCC(=O)NCCCCCCNc1ncnc2c1ncn2[C@H]1C[C@H](O)[C@@H](COP(=O)(O)OP(=O)(O)OP(=O)(O)O)O1)=c1cc2c4c(c1C3(C)C)CCC[N+]=4CCC2. The number of ether oxygens (including phenoxy) is 1. The van der Waals surface area contributed by atoms with Crippen LogP contribution in [0.5, 0.6) is 0 Å². The molecule has 1 aliphatic carbocycles. The molecule has 6 atom stereocenters. The van der Waals surface area contributed by atoms with Crippen LogP contribution in [-0.2, 0) is 54.6 Å². The Balaban J connectivity index is 0.721. The Morgan fingerprint density at radius 1 is 0.905 bits per heavy atom. The van der Waals surface area contributed by atoms with E-state index in [-0.39, 0.29) is 29.2 Å².